The van der Waals surface area contributed by atoms with Crippen LogP contribution in [0.4, 0.5) is 4.39 Å². The van der Waals surface area contributed by atoms with Crippen LogP contribution in [0.1, 0.15) is 20.3 Å². The monoisotopic (exact) mass is 302 g/mol. The van der Waals surface area contributed by atoms with Gasteiger partial charge in [0.05, 0.1) is 4.90 Å². The molecule has 0 aliphatic heterocycles. The molecule has 1 rings (SSSR count). The van der Waals surface area contributed by atoms with Crippen molar-refractivity contribution in [3.05, 3.63) is 30.1 Å². The molecule has 20 heavy (non-hydrogen) atoms. The van der Waals surface area contributed by atoms with E-state index in [4.69, 9.17) is 0 Å². The number of benzene rings is 1. The number of amides is 1. The van der Waals surface area contributed by atoms with Gasteiger partial charge in [0.25, 0.3) is 0 Å². The van der Waals surface area contributed by atoms with Crippen molar-refractivity contribution in [1.29, 1.82) is 0 Å². The minimum atomic E-state index is -3.70. The molecule has 1 aromatic rings. The van der Waals surface area contributed by atoms with Crippen LogP contribution in [0.5, 0.6) is 0 Å². The van der Waals surface area contributed by atoms with E-state index in [1.165, 1.54) is 12.1 Å². The molecule has 0 aromatic heterocycles. The van der Waals surface area contributed by atoms with E-state index in [0.717, 1.165) is 12.1 Å². The Hall–Kier alpha value is -1.47. The second kappa shape index (κ2) is 7.35. The first-order valence-electron chi connectivity index (χ1n) is 6.33. The van der Waals surface area contributed by atoms with E-state index < -0.39 is 15.8 Å². The molecule has 1 amide bonds. The molecule has 7 heteroatoms. The van der Waals surface area contributed by atoms with E-state index in [2.05, 4.69) is 10.0 Å². The van der Waals surface area contributed by atoms with Crippen LogP contribution in [-0.4, -0.2) is 27.4 Å². The number of nitrogens with one attached hydrogen (secondary N) is 2. The molecule has 0 heterocycles. The Morgan fingerprint density at radius 2 is 1.85 bits per heavy atom. The summed E-state index contributed by atoms with van der Waals surface area (Å²) in [5, 5.41) is 2.69. The number of rotatable bonds is 7. The van der Waals surface area contributed by atoms with Crippen LogP contribution < -0.4 is 10.0 Å². The summed E-state index contributed by atoms with van der Waals surface area (Å²) in [6.45, 7) is 4.50. The van der Waals surface area contributed by atoms with E-state index in [0.29, 0.717) is 12.5 Å². The first-order chi connectivity index (χ1) is 9.31. The normalized spacial score (nSPS) is 11.6. The van der Waals surface area contributed by atoms with E-state index in [1.807, 2.05) is 13.8 Å². The molecule has 0 radical (unpaired) electrons. The van der Waals surface area contributed by atoms with Gasteiger partial charge in [-0.15, -0.1) is 0 Å². The van der Waals surface area contributed by atoms with Gasteiger partial charge >= 0.3 is 0 Å². The van der Waals surface area contributed by atoms with Crippen LogP contribution in [0.15, 0.2) is 29.2 Å². The van der Waals surface area contributed by atoms with Crippen LogP contribution in [-0.2, 0) is 14.8 Å². The summed E-state index contributed by atoms with van der Waals surface area (Å²) in [5.41, 5.74) is 0. The quantitative estimate of drug-likeness (QED) is 0.796. The Balaban J connectivity index is 2.44. The van der Waals surface area contributed by atoms with Crippen LogP contribution in [0.25, 0.3) is 0 Å². The third kappa shape index (κ3) is 5.66. The Morgan fingerprint density at radius 1 is 1.25 bits per heavy atom. The highest BCUT2D eigenvalue weighted by Gasteiger charge is 2.14. The molecule has 0 saturated heterocycles. The fraction of sp³-hybridized carbons (Fsp3) is 0.462. The van der Waals surface area contributed by atoms with Crippen molar-refractivity contribution in [3.63, 3.8) is 0 Å². The standard InChI is InChI=1S/C13H19FN2O3S/c1-10(2)9-15-13(17)7-8-16-20(18,19)12-5-3-11(14)4-6-12/h3-6,10,16H,7-9H2,1-2H3,(H,15,17). The fourth-order valence-corrected chi connectivity index (χ4v) is 2.43. The smallest absolute Gasteiger partial charge is 0.240 e. The average Bonchev–Trinajstić information content (AvgIpc) is 2.36. The maximum Gasteiger partial charge on any atom is 0.240 e. The van der Waals surface area contributed by atoms with Crippen molar-refractivity contribution in [2.75, 3.05) is 13.1 Å². The van der Waals surface area contributed by atoms with Gasteiger partial charge in [-0.3, -0.25) is 4.79 Å². The minimum Gasteiger partial charge on any atom is -0.356 e. The van der Waals surface area contributed by atoms with E-state index in [9.17, 15) is 17.6 Å². The number of hydrogen-bond donors (Lipinski definition) is 2. The summed E-state index contributed by atoms with van der Waals surface area (Å²) in [5.74, 6) is -0.368. The lowest BCUT2D eigenvalue weighted by molar-refractivity contribution is -0.121. The molecule has 0 aliphatic rings. The van der Waals surface area contributed by atoms with Gasteiger partial charge in [0, 0.05) is 19.5 Å². The van der Waals surface area contributed by atoms with Crippen molar-refractivity contribution in [2.45, 2.75) is 25.2 Å². The van der Waals surface area contributed by atoms with Crippen LogP contribution in [0.3, 0.4) is 0 Å². The zero-order valence-corrected chi connectivity index (χ0v) is 12.3. The summed E-state index contributed by atoms with van der Waals surface area (Å²) in [6, 6.07) is 4.50. The second-order valence-electron chi connectivity index (χ2n) is 4.80. The highest BCUT2D eigenvalue weighted by Crippen LogP contribution is 2.09. The Kier molecular flexibility index (Phi) is 6.09. The zero-order valence-electron chi connectivity index (χ0n) is 11.5. The largest absolute Gasteiger partial charge is 0.356 e. The summed E-state index contributed by atoms with van der Waals surface area (Å²) in [7, 11) is -3.70. The molecule has 2 N–H and O–H groups in total. The molecule has 0 aliphatic carbocycles. The van der Waals surface area contributed by atoms with Crippen molar-refractivity contribution in [1.82, 2.24) is 10.0 Å². The third-order valence-electron chi connectivity index (χ3n) is 2.48. The van der Waals surface area contributed by atoms with Gasteiger partial charge in [-0.25, -0.2) is 17.5 Å². The molecule has 0 spiro atoms. The molecule has 0 unspecified atom stereocenters. The number of sulfonamides is 1. The summed E-state index contributed by atoms with van der Waals surface area (Å²) >= 11 is 0. The molecule has 0 bridgehead atoms. The van der Waals surface area contributed by atoms with E-state index >= 15 is 0 Å². The predicted octanol–water partition coefficient (Wildman–Crippen LogP) is 1.27. The zero-order chi connectivity index (χ0) is 15.2. The average molecular weight is 302 g/mol. The molecular weight excluding hydrogens is 283 g/mol. The Labute approximate surface area is 118 Å². The van der Waals surface area contributed by atoms with Crippen molar-refractivity contribution in [2.24, 2.45) is 5.92 Å². The third-order valence-corrected chi connectivity index (χ3v) is 3.95. The van der Waals surface area contributed by atoms with Gasteiger partial charge in [0.15, 0.2) is 0 Å². The van der Waals surface area contributed by atoms with Crippen LogP contribution >= 0.6 is 0 Å². The molecule has 0 atom stereocenters. The summed E-state index contributed by atoms with van der Waals surface area (Å²) < 4.78 is 38.7. The minimum absolute atomic E-state index is 0.00361. The van der Waals surface area contributed by atoms with Gasteiger partial charge < -0.3 is 5.32 Å². The lowest BCUT2D eigenvalue weighted by atomic mass is 10.2. The molecule has 0 fully saturated rings. The first-order valence-corrected chi connectivity index (χ1v) is 7.81. The number of carbonyl (C=O) groups is 1. The first kappa shape index (κ1) is 16.6. The number of carbonyl (C=O) groups excluding carboxylic acids is 1. The molecule has 0 saturated carbocycles. The van der Waals surface area contributed by atoms with E-state index in [1.54, 1.807) is 0 Å². The topological polar surface area (TPSA) is 75.3 Å². The highest BCUT2D eigenvalue weighted by atomic mass is 32.2. The van der Waals surface area contributed by atoms with Gasteiger partial charge in [0.2, 0.25) is 15.9 Å². The summed E-state index contributed by atoms with van der Waals surface area (Å²) in [6.07, 6.45) is 0.0626. The maximum atomic E-state index is 12.7. The lowest BCUT2D eigenvalue weighted by Crippen LogP contribution is -2.32. The van der Waals surface area contributed by atoms with Gasteiger partial charge in [0.1, 0.15) is 5.82 Å². The predicted molar refractivity (Wildman–Crippen MR) is 74.1 cm³/mol. The van der Waals surface area contributed by atoms with Crippen LogP contribution in [0, 0.1) is 11.7 Å². The second-order valence-corrected chi connectivity index (χ2v) is 6.57. The van der Waals surface area contributed by atoms with Crippen molar-refractivity contribution in [3.8, 4) is 0 Å². The molecule has 112 valence electrons. The molecule has 1 aromatic carbocycles. The molecule has 5 nitrogen and oxygen atoms in total. The Morgan fingerprint density at radius 3 is 2.40 bits per heavy atom. The maximum absolute atomic E-state index is 12.7. The van der Waals surface area contributed by atoms with Crippen molar-refractivity contribution < 1.29 is 17.6 Å². The SMILES string of the molecule is CC(C)CNC(=O)CCNS(=O)(=O)c1ccc(F)cc1. The lowest BCUT2D eigenvalue weighted by Gasteiger charge is -2.09. The number of halogens is 1. The van der Waals surface area contributed by atoms with Gasteiger partial charge in [-0.2, -0.15) is 0 Å². The summed E-state index contributed by atoms with van der Waals surface area (Å²) in [4.78, 5) is 11.4. The van der Waals surface area contributed by atoms with Gasteiger partial charge in [-0.1, -0.05) is 13.8 Å². The number of hydrogen-bond acceptors (Lipinski definition) is 3. The highest BCUT2D eigenvalue weighted by molar-refractivity contribution is 7.89. The fourth-order valence-electron chi connectivity index (χ4n) is 1.40. The molecular formula is C13H19FN2O3S. The van der Waals surface area contributed by atoms with Gasteiger partial charge in [-0.05, 0) is 30.2 Å². The van der Waals surface area contributed by atoms with E-state index in [-0.39, 0.29) is 23.8 Å². The Bertz CT molecular complexity index is 541. The van der Waals surface area contributed by atoms with Crippen LogP contribution in [0.2, 0.25) is 0 Å². The van der Waals surface area contributed by atoms with Crippen molar-refractivity contribution >= 4 is 15.9 Å².